The molecule has 0 unspecified atom stereocenters. The third-order valence-corrected chi connectivity index (χ3v) is 8.16. The van der Waals surface area contributed by atoms with E-state index in [1.807, 2.05) is 33.8 Å². The third-order valence-electron chi connectivity index (χ3n) is 8.16. The number of hydrogen-bond donors (Lipinski definition) is 3. The number of primary amides is 1. The van der Waals surface area contributed by atoms with Gasteiger partial charge in [0.2, 0.25) is 17.7 Å². The summed E-state index contributed by atoms with van der Waals surface area (Å²) >= 11 is 0. The molecule has 0 spiro atoms. The van der Waals surface area contributed by atoms with Crippen molar-refractivity contribution < 1.29 is 33.1 Å². The van der Waals surface area contributed by atoms with Crippen LogP contribution in [0.3, 0.4) is 0 Å². The Morgan fingerprint density at radius 3 is 2.56 bits per heavy atom. The van der Waals surface area contributed by atoms with Gasteiger partial charge in [-0.3, -0.25) is 24.0 Å². The molecule has 1 saturated heterocycles. The zero-order valence-electron chi connectivity index (χ0n) is 25.9. The van der Waals surface area contributed by atoms with Gasteiger partial charge in [0.1, 0.15) is 29.2 Å². The van der Waals surface area contributed by atoms with Gasteiger partial charge in [0.25, 0.3) is 5.91 Å². The van der Waals surface area contributed by atoms with Crippen molar-refractivity contribution >= 4 is 34.6 Å². The van der Waals surface area contributed by atoms with E-state index in [1.165, 1.54) is 11.0 Å². The first-order valence-electron chi connectivity index (χ1n) is 15.0. The molecule has 1 aromatic heterocycles. The first-order valence-corrected chi connectivity index (χ1v) is 15.0. The molecular formula is C33H38N4O8. The zero-order chi connectivity index (χ0) is 32.4. The van der Waals surface area contributed by atoms with E-state index in [1.54, 1.807) is 18.2 Å². The van der Waals surface area contributed by atoms with Crippen LogP contribution in [0, 0.1) is 19.8 Å². The van der Waals surface area contributed by atoms with Crippen molar-refractivity contribution in [1.29, 1.82) is 0 Å². The normalized spacial score (nSPS) is 16.6. The van der Waals surface area contributed by atoms with Gasteiger partial charge < -0.3 is 35.2 Å². The maximum absolute atomic E-state index is 14.0. The Bertz CT molecular complexity index is 1730. The zero-order valence-corrected chi connectivity index (χ0v) is 25.9. The maximum atomic E-state index is 14.0. The van der Waals surface area contributed by atoms with E-state index in [9.17, 15) is 24.0 Å². The van der Waals surface area contributed by atoms with E-state index in [4.69, 9.17) is 19.6 Å². The summed E-state index contributed by atoms with van der Waals surface area (Å²) in [5.41, 5.74) is 8.61. The van der Waals surface area contributed by atoms with E-state index >= 15 is 0 Å². The number of nitrogens with one attached hydrogen (secondary N) is 2. The molecule has 2 atom stereocenters. The van der Waals surface area contributed by atoms with Crippen molar-refractivity contribution in [3.05, 3.63) is 62.8 Å². The number of ether oxygens (including phenoxy) is 2. The lowest BCUT2D eigenvalue weighted by molar-refractivity contribution is -0.132. The second kappa shape index (κ2) is 13.1. The first kappa shape index (κ1) is 31.7. The summed E-state index contributed by atoms with van der Waals surface area (Å²) in [5, 5.41) is 5.69. The monoisotopic (exact) mass is 618 g/mol. The van der Waals surface area contributed by atoms with Crippen molar-refractivity contribution in [3.8, 4) is 17.1 Å². The molecule has 0 aliphatic carbocycles. The molecule has 4 N–H and O–H groups in total. The average Bonchev–Trinajstić information content (AvgIpc) is 3.49. The number of aryl methyl sites for hydroxylation is 2. The standard InChI is InChI=1S/C33H38N4O8/c1-17(2)8-24(31(40)35-14-29(34)39)36-32(41)25-6-5-7-37(25)33(42)20-11-21-15-43-16-44-30(21)23(12-20)28-13-26(38)22-9-18(3)19(4)10-27(22)45-28/h9-13,17,24-25H,5-8,14-16H2,1-4H3,(H2,34,39)(H,35,40)(H,36,41)/t24-,25-/m1/s1. The summed E-state index contributed by atoms with van der Waals surface area (Å²) in [4.78, 5) is 66.0. The van der Waals surface area contributed by atoms with Gasteiger partial charge in [0.15, 0.2) is 12.2 Å². The highest BCUT2D eigenvalue weighted by molar-refractivity contribution is 6.00. The lowest BCUT2D eigenvalue weighted by Crippen LogP contribution is -2.54. The predicted octanol–water partition coefficient (Wildman–Crippen LogP) is 2.68. The van der Waals surface area contributed by atoms with E-state index in [0.29, 0.717) is 53.7 Å². The molecule has 4 amide bonds. The summed E-state index contributed by atoms with van der Waals surface area (Å²) in [5.74, 6) is -1.30. The Morgan fingerprint density at radius 1 is 1.07 bits per heavy atom. The smallest absolute Gasteiger partial charge is 0.254 e. The van der Waals surface area contributed by atoms with Crippen LogP contribution in [0.2, 0.25) is 0 Å². The molecule has 12 nitrogen and oxygen atoms in total. The highest BCUT2D eigenvalue weighted by Gasteiger charge is 2.37. The minimum absolute atomic E-state index is 0.00232. The number of nitrogens with zero attached hydrogens (tertiary/aromatic N) is 1. The molecule has 3 heterocycles. The molecule has 238 valence electrons. The number of carbonyl (C=O) groups excluding carboxylic acids is 4. The van der Waals surface area contributed by atoms with E-state index < -0.39 is 35.7 Å². The lowest BCUT2D eigenvalue weighted by atomic mass is 9.99. The van der Waals surface area contributed by atoms with E-state index in [-0.39, 0.29) is 42.6 Å². The van der Waals surface area contributed by atoms with Gasteiger partial charge in [-0.25, -0.2) is 0 Å². The minimum Gasteiger partial charge on any atom is -0.466 e. The predicted molar refractivity (Wildman–Crippen MR) is 165 cm³/mol. The Labute approximate surface area is 260 Å². The number of amides is 4. The molecule has 45 heavy (non-hydrogen) atoms. The Hall–Kier alpha value is -4.71. The molecule has 1 fully saturated rings. The minimum atomic E-state index is -0.901. The van der Waals surface area contributed by atoms with Crippen LogP contribution < -0.4 is 26.5 Å². The quantitative estimate of drug-likeness (QED) is 0.329. The fourth-order valence-corrected chi connectivity index (χ4v) is 5.79. The number of carbonyl (C=O) groups is 4. The number of nitrogens with two attached hydrogens (primary N) is 1. The van der Waals surface area contributed by atoms with Gasteiger partial charge in [-0.05, 0) is 74.4 Å². The molecule has 0 saturated carbocycles. The molecule has 12 heteroatoms. The van der Waals surface area contributed by atoms with E-state index in [0.717, 1.165) is 11.1 Å². The number of fused-ring (bicyclic) bond motifs is 2. The second-order valence-corrected chi connectivity index (χ2v) is 12.1. The molecule has 5 rings (SSSR count). The molecule has 2 aliphatic heterocycles. The van der Waals surface area contributed by atoms with Gasteiger partial charge in [-0.2, -0.15) is 0 Å². The molecule has 0 bridgehead atoms. The topological polar surface area (TPSA) is 170 Å². The Kier molecular flexibility index (Phi) is 9.24. The summed E-state index contributed by atoms with van der Waals surface area (Å²) in [6.07, 6.45) is 1.34. The van der Waals surface area contributed by atoms with Crippen LogP contribution in [0.1, 0.15) is 60.2 Å². The van der Waals surface area contributed by atoms with Gasteiger partial charge in [0, 0.05) is 23.7 Å². The van der Waals surface area contributed by atoms with Crippen molar-refractivity contribution in [3.63, 3.8) is 0 Å². The summed E-state index contributed by atoms with van der Waals surface area (Å²) < 4.78 is 17.5. The van der Waals surface area contributed by atoms with Gasteiger partial charge in [-0.1, -0.05) is 13.8 Å². The van der Waals surface area contributed by atoms with Gasteiger partial charge >= 0.3 is 0 Å². The fraction of sp³-hybridized carbons (Fsp3) is 0.424. The summed E-state index contributed by atoms with van der Waals surface area (Å²) in [6, 6.07) is 6.57. The number of benzene rings is 2. The van der Waals surface area contributed by atoms with Crippen molar-refractivity contribution in [2.24, 2.45) is 11.7 Å². The molecular weight excluding hydrogens is 580 g/mol. The highest BCUT2D eigenvalue weighted by Crippen LogP contribution is 2.38. The lowest BCUT2D eigenvalue weighted by Gasteiger charge is -2.28. The Balaban J connectivity index is 1.46. The fourth-order valence-electron chi connectivity index (χ4n) is 5.79. The van der Waals surface area contributed by atoms with Gasteiger partial charge in [-0.15, -0.1) is 0 Å². The number of likely N-dealkylation sites (tertiary alicyclic amines) is 1. The van der Waals surface area contributed by atoms with Crippen LogP contribution in [0.25, 0.3) is 22.3 Å². The highest BCUT2D eigenvalue weighted by atomic mass is 16.7. The summed E-state index contributed by atoms with van der Waals surface area (Å²) in [7, 11) is 0. The molecule has 0 radical (unpaired) electrons. The number of hydrogen-bond acceptors (Lipinski definition) is 8. The molecule has 2 aliphatic rings. The summed E-state index contributed by atoms with van der Waals surface area (Å²) in [6.45, 7) is 7.86. The molecule has 3 aromatic rings. The van der Waals surface area contributed by atoms with Crippen LogP contribution in [0.5, 0.6) is 5.75 Å². The van der Waals surface area contributed by atoms with Crippen LogP contribution in [-0.2, 0) is 25.7 Å². The Morgan fingerprint density at radius 2 is 1.82 bits per heavy atom. The van der Waals surface area contributed by atoms with Crippen LogP contribution >= 0.6 is 0 Å². The van der Waals surface area contributed by atoms with Gasteiger partial charge in [0.05, 0.1) is 24.1 Å². The van der Waals surface area contributed by atoms with Crippen LogP contribution in [0.4, 0.5) is 0 Å². The second-order valence-electron chi connectivity index (χ2n) is 12.1. The van der Waals surface area contributed by atoms with Crippen molar-refractivity contribution in [2.75, 3.05) is 19.9 Å². The largest absolute Gasteiger partial charge is 0.466 e. The van der Waals surface area contributed by atoms with Crippen molar-refractivity contribution in [1.82, 2.24) is 15.5 Å². The van der Waals surface area contributed by atoms with Crippen molar-refractivity contribution in [2.45, 2.75) is 65.6 Å². The van der Waals surface area contributed by atoms with Crippen LogP contribution in [0.15, 0.2) is 39.5 Å². The molecule has 2 aromatic carbocycles. The average molecular weight is 619 g/mol. The first-order chi connectivity index (χ1) is 21.4. The number of rotatable bonds is 9. The third kappa shape index (κ3) is 6.85. The van der Waals surface area contributed by atoms with E-state index in [2.05, 4.69) is 10.6 Å². The SMILES string of the molecule is Cc1cc2oc(-c3cc(C(=O)N4CCC[C@@H]4C(=O)N[C@H](CC(C)C)C(=O)NCC(N)=O)cc4c3OCOC4)cc(=O)c2cc1C. The van der Waals surface area contributed by atoms with Crippen LogP contribution in [-0.4, -0.2) is 60.5 Å². The maximum Gasteiger partial charge on any atom is 0.254 e.